The van der Waals surface area contributed by atoms with Gasteiger partial charge in [-0.15, -0.1) is 0 Å². The minimum Gasteiger partial charge on any atom is -0.465 e. The summed E-state index contributed by atoms with van der Waals surface area (Å²) in [6.45, 7) is 14.1. The zero-order valence-electron chi connectivity index (χ0n) is 22.0. The number of ether oxygens (including phenoxy) is 2. The minimum absolute atomic E-state index is 0.259. The Morgan fingerprint density at radius 1 is 0.971 bits per heavy atom. The van der Waals surface area contributed by atoms with Crippen LogP contribution in [-0.2, 0) is 19.7 Å². The van der Waals surface area contributed by atoms with E-state index in [4.69, 9.17) is 9.47 Å². The molecule has 0 aliphatic heterocycles. The molecule has 3 aromatic rings. The third kappa shape index (κ3) is 6.44. The highest BCUT2D eigenvalue weighted by Gasteiger charge is 2.36. The predicted octanol–water partition coefficient (Wildman–Crippen LogP) is 6.37. The van der Waals surface area contributed by atoms with Gasteiger partial charge < -0.3 is 19.4 Å². The molecule has 0 fully saturated rings. The van der Waals surface area contributed by atoms with E-state index in [0.717, 1.165) is 22.2 Å². The number of benzene rings is 2. The lowest BCUT2D eigenvalue weighted by molar-refractivity contribution is -0.149. The summed E-state index contributed by atoms with van der Waals surface area (Å²) >= 11 is 0. The van der Waals surface area contributed by atoms with Gasteiger partial charge in [0.05, 0.1) is 17.5 Å². The first-order valence-corrected chi connectivity index (χ1v) is 12.3. The van der Waals surface area contributed by atoms with Crippen LogP contribution in [-0.4, -0.2) is 35.4 Å². The van der Waals surface area contributed by atoms with E-state index < -0.39 is 17.1 Å². The van der Waals surface area contributed by atoms with Crippen molar-refractivity contribution in [1.82, 2.24) is 9.88 Å². The van der Waals surface area contributed by atoms with E-state index >= 15 is 0 Å². The van der Waals surface area contributed by atoms with E-state index in [-0.39, 0.29) is 5.97 Å². The van der Waals surface area contributed by atoms with Crippen molar-refractivity contribution in [3.05, 3.63) is 65.4 Å². The van der Waals surface area contributed by atoms with Crippen molar-refractivity contribution in [2.75, 3.05) is 13.2 Å². The normalized spacial score (nSPS) is 13.3. The fraction of sp³-hybridized carbons (Fsp3) is 0.448. The highest BCUT2D eigenvalue weighted by atomic mass is 16.6. The number of fused-ring (bicyclic) bond motifs is 1. The van der Waals surface area contributed by atoms with Crippen LogP contribution in [0.2, 0.25) is 0 Å². The zero-order valence-corrected chi connectivity index (χ0v) is 22.0. The van der Waals surface area contributed by atoms with Gasteiger partial charge in [-0.25, -0.2) is 4.79 Å². The lowest BCUT2D eigenvalue weighted by atomic mass is 9.78. The Morgan fingerprint density at radius 2 is 1.66 bits per heavy atom. The number of carbonyl (C=O) groups is 2. The molecule has 0 saturated heterocycles. The fourth-order valence-corrected chi connectivity index (χ4v) is 4.40. The Bertz CT molecular complexity index is 1180. The Kier molecular flexibility index (Phi) is 7.93. The van der Waals surface area contributed by atoms with Gasteiger partial charge in [0, 0.05) is 23.8 Å². The molecule has 1 heterocycles. The highest BCUT2D eigenvalue weighted by Crippen LogP contribution is 2.34. The minimum atomic E-state index is -0.832. The molecule has 1 N–H and O–H groups in total. The second kappa shape index (κ2) is 10.5. The standard InChI is InChI=1S/C29H38N2O4/c1-8-34-26(32)29(7,13-9-14-30-27(33)35-28(4,5)6)23-10-11-25-22(19-23)12-15-31(25)24-17-20(2)16-21(3)18-24/h10-12,15-19H,8-9,13-14H2,1-7H3,(H,30,33). The van der Waals surface area contributed by atoms with Crippen LogP contribution in [0.3, 0.4) is 0 Å². The summed E-state index contributed by atoms with van der Waals surface area (Å²) < 4.78 is 12.9. The highest BCUT2D eigenvalue weighted by molar-refractivity contribution is 5.87. The van der Waals surface area contributed by atoms with Crippen LogP contribution in [0.25, 0.3) is 16.6 Å². The van der Waals surface area contributed by atoms with Crippen molar-refractivity contribution < 1.29 is 19.1 Å². The Balaban J connectivity index is 1.84. The molecule has 3 rings (SSSR count). The van der Waals surface area contributed by atoms with Gasteiger partial charge in [-0.2, -0.15) is 0 Å². The summed E-state index contributed by atoms with van der Waals surface area (Å²) in [5.41, 5.74) is 4.15. The predicted molar refractivity (Wildman–Crippen MR) is 140 cm³/mol. The van der Waals surface area contributed by atoms with E-state index in [9.17, 15) is 9.59 Å². The Morgan fingerprint density at radius 3 is 2.29 bits per heavy atom. The monoisotopic (exact) mass is 478 g/mol. The number of carbonyl (C=O) groups excluding carboxylic acids is 2. The summed E-state index contributed by atoms with van der Waals surface area (Å²) in [5.74, 6) is -0.259. The summed E-state index contributed by atoms with van der Waals surface area (Å²) in [4.78, 5) is 25.0. The Hall–Kier alpha value is -3.28. The van der Waals surface area contributed by atoms with Crippen LogP contribution in [0.15, 0.2) is 48.7 Å². The van der Waals surface area contributed by atoms with E-state index in [1.165, 1.54) is 11.1 Å². The third-order valence-electron chi connectivity index (χ3n) is 6.06. The topological polar surface area (TPSA) is 69.6 Å². The summed E-state index contributed by atoms with van der Waals surface area (Å²) in [6.07, 6.45) is 2.75. The van der Waals surface area contributed by atoms with Crippen molar-refractivity contribution >= 4 is 23.0 Å². The lowest BCUT2D eigenvalue weighted by Crippen LogP contribution is -2.37. The van der Waals surface area contributed by atoms with Crippen molar-refractivity contribution in [2.45, 2.75) is 72.3 Å². The van der Waals surface area contributed by atoms with Crippen LogP contribution >= 0.6 is 0 Å². The first kappa shape index (κ1) is 26.3. The number of aromatic nitrogens is 1. The summed E-state index contributed by atoms with van der Waals surface area (Å²) in [7, 11) is 0. The smallest absolute Gasteiger partial charge is 0.407 e. The average Bonchev–Trinajstić information content (AvgIpc) is 3.18. The van der Waals surface area contributed by atoms with Gasteiger partial charge in [-0.3, -0.25) is 4.79 Å². The molecule has 35 heavy (non-hydrogen) atoms. The molecule has 1 amide bonds. The fourth-order valence-electron chi connectivity index (χ4n) is 4.40. The SMILES string of the molecule is CCOC(=O)C(C)(CCCNC(=O)OC(C)(C)C)c1ccc2c(ccn2-c2cc(C)cc(C)c2)c1. The number of aryl methyl sites for hydroxylation is 2. The second-order valence-electron chi connectivity index (χ2n) is 10.4. The molecule has 1 unspecified atom stereocenters. The molecule has 0 radical (unpaired) electrons. The van der Waals surface area contributed by atoms with Crippen molar-refractivity contribution in [1.29, 1.82) is 0 Å². The number of nitrogens with one attached hydrogen (secondary N) is 1. The molecule has 1 aromatic heterocycles. The summed E-state index contributed by atoms with van der Waals surface area (Å²) in [6, 6.07) is 14.7. The number of hydrogen-bond acceptors (Lipinski definition) is 4. The van der Waals surface area contributed by atoms with Crippen LogP contribution in [0, 0.1) is 13.8 Å². The van der Waals surface area contributed by atoms with Gasteiger partial charge in [0.1, 0.15) is 5.60 Å². The van der Waals surface area contributed by atoms with E-state index in [1.54, 1.807) is 0 Å². The van der Waals surface area contributed by atoms with Crippen LogP contribution in [0.5, 0.6) is 0 Å². The van der Waals surface area contributed by atoms with Crippen molar-refractivity contribution in [2.24, 2.45) is 0 Å². The van der Waals surface area contributed by atoms with Crippen LogP contribution in [0.4, 0.5) is 4.79 Å². The number of rotatable bonds is 8. The maximum atomic E-state index is 13.1. The molecule has 188 valence electrons. The second-order valence-corrected chi connectivity index (χ2v) is 10.4. The van der Waals surface area contributed by atoms with Crippen LogP contribution in [0.1, 0.15) is 64.2 Å². The maximum Gasteiger partial charge on any atom is 0.407 e. The van der Waals surface area contributed by atoms with Crippen molar-refractivity contribution in [3.63, 3.8) is 0 Å². The number of alkyl carbamates (subject to hydrolysis) is 1. The van der Waals surface area contributed by atoms with Gasteiger partial charge in [0.25, 0.3) is 0 Å². The molecular weight excluding hydrogens is 440 g/mol. The molecule has 6 nitrogen and oxygen atoms in total. The molecular formula is C29H38N2O4. The van der Waals surface area contributed by atoms with Gasteiger partial charge in [0.2, 0.25) is 0 Å². The van der Waals surface area contributed by atoms with E-state index in [0.29, 0.717) is 26.0 Å². The van der Waals surface area contributed by atoms with E-state index in [2.05, 4.69) is 66.3 Å². The Labute approximate surface area is 208 Å². The first-order chi connectivity index (χ1) is 16.4. The van der Waals surface area contributed by atoms with Crippen LogP contribution < -0.4 is 5.32 Å². The van der Waals surface area contributed by atoms with Gasteiger partial charge >= 0.3 is 12.1 Å². The average molecular weight is 479 g/mol. The number of nitrogens with zero attached hydrogens (tertiary/aromatic N) is 1. The number of hydrogen-bond donors (Lipinski definition) is 1. The zero-order chi connectivity index (χ0) is 25.8. The van der Waals surface area contributed by atoms with E-state index in [1.807, 2.05) is 40.7 Å². The summed E-state index contributed by atoms with van der Waals surface area (Å²) in [5, 5.41) is 3.84. The molecule has 0 spiro atoms. The molecule has 0 aliphatic carbocycles. The molecule has 0 saturated carbocycles. The first-order valence-electron chi connectivity index (χ1n) is 12.3. The van der Waals surface area contributed by atoms with Crippen molar-refractivity contribution in [3.8, 4) is 5.69 Å². The largest absolute Gasteiger partial charge is 0.465 e. The van der Waals surface area contributed by atoms with Gasteiger partial charge in [0.15, 0.2) is 0 Å². The molecule has 0 aliphatic rings. The number of esters is 1. The molecule has 2 aromatic carbocycles. The molecule has 0 bridgehead atoms. The molecule has 1 atom stereocenters. The quantitative estimate of drug-likeness (QED) is 0.302. The maximum absolute atomic E-state index is 13.1. The molecule has 6 heteroatoms. The van der Waals surface area contributed by atoms with Gasteiger partial charge in [-0.05, 0) is 108 Å². The number of amides is 1. The third-order valence-corrected chi connectivity index (χ3v) is 6.06. The lowest BCUT2D eigenvalue weighted by Gasteiger charge is -2.28. The van der Waals surface area contributed by atoms with Gasteiger partial charge in [-0.1, -0.05) is 12.1 Å².